The van der Waals surface area contributed by atoms with Gasteiger partial charge in [0.25, 0.3) is 0 Å². The van der Waals surface area contributed by atoms with Gasteiger partial charge in [-0.3, -0.25) is 4.79 Å². The largest absolute Gasteiger partial charge is 0.479 e. The van der Waals surface area contributed by atoms with Gasteiger partial charge in [0.05, 0.1) is 0 Å². The molecule has 0 aliphatic heterocycles. The Morgan fingerprint density at radius 1 is 1.03 bits per heavy atom. The lowest BCUT2D eigenvalue weighted by molar-refractivity contribution is -0.149. The van der Waals surface area contributed by atoms with Gasteiger partial charge in [0.1, 0.15) is 6.61 Å². The van der Waals surface area contributed by atoms with Crippen LogP contribution in [0.4, 0.5) is 4.79 Å². The smallest absolute Gasteiger partial charge is 0.407 e. The molecule has 2 amide bonds. The summed E-state index contributed by atoms with van der Waals surface area (Å²) in [5.41, 5.74) is 4.66. The number of carboxylic acid groups (broad SMARTS) is 1. The van der Waals surface area contributed by atoms with Gasteiger partial charge in [0.15, 0.2) is 6.10 Å². The zero-order valence-electron chi connectivity index (χ0n) is 18.5. The van der Waals surface area contributed by atoms with Crippen molar-refractivity contribution in [3.05, 3.63) is 59.7 Å². The predicted octanol–water partition coefficient (Wildman–Crippen LogP) is 2.77. The fourth-order valence-corrected chi connectivity index (χ4v) is 4.46. The molecule has 0 spiro atoms. The average molecular weight is 453 g/mol. The van der Waals surface area contributed by atoms with E-state index in [9.17, 15) is 14.4 Å². The quantitative estimate of drug-likeness (QED) is 0.511. The van der Waals surface area contributed by atoms with Gasteiger partial charge in [-0.1, -0.05) is 48.5 Å². The van der Waals surface area contributed by atoms with E-state index in [-0.39, 0.29) is 43.2 Å². The van der Waals surface area contributed by atoms with Crippen molar-refractivity contribution < 1.29 is 29.0 Å². The molecule has 8 heteroatoms. The Balaban J connectivity index is 1.19. The lowest BCUT2D eigenvalue weighted by atomic mass is 9.98. The van der Waals surface area contributed by atoms with E-state index in [4.69, 9.17) is 14.6 Å². The van der Waals surface area contributed by atoms with Crippen molar-refractivity contribution in [2.75, 3.05) is 26.8 Å². The molecule has 2 aromatic rings. The third-order valence-corrected chi connectivity index (χ3v) is 6.38. The van der Waals surface area contributed by atoms with Crippen molar-refractivity contribution in [1.82, 2.24) is 10.6 Å². The van der Waals surface area contributed by atoms with Crippen LogP contribution in [0, 0.1) is 11.8 Å². The highest BCUT2D eigenvalue weighted by Crippen LogP contribution is 2.44. The van der Waals surface area contributed by atoms with Crippen molar-refractivity contribution in [2.45, 2.75) is 24.9 Å². The first-order valence-electron chi connectivity index (χ1n) is 11.1. The van der Waals surface area contributed by atoms with Crippen LogP contribution >= 0.6 is 0 Å². The maximum atomic E-state index is 12.3. The van der Waals surface area contributed by atoms with E-state index >= 15 is 0 Å². The number of rotatable bonds is 10. The van der Waals surface area contributed by atoms with Gasteiger partial charge >= 0.3 is 12.1 Å². The number of benzene rings is 2. The topological polar surface area (TPSA) is 114 Å². The lowest BCUT2D eigenvalue weighted by Gasteiger charge is -2.14. The second-order valence-corrected chi connectivity index (χ2v) is 8.45. The van der Waals surface area contributed by atoms with Crippen LogP contribution in [0.3, 0.4) is 0 Å². The van der Waals surface area contributed by atoms with Crippen LogP contribution in [0.2, 0.25) is 0 Å². The second kappa shape index (κ2) is 10.0. The molecule has 33 heavy (non-hydrogen) atoms. The van der Waals surface area contributed by atoms with Crippen molar-refractivity contribution >= 4 is 18.0 Å². The van der Waals surface area contributed by atoms with Gasteiger partial charge in [0, 0.05) is 38.5 Å². The number of carbonyl (C=O) groups excluding carboxylic acids is 2. The molecular formula is C25H28N2O6. The zero-order chi connectivity index (χ0) is 23.4. The molecule has 8 nitrogen and oxygen atoms in total. The van der Waals surface area contributed by atoms with Gasteiger partial charge in [-0.2, -0.15) is 0 Å². The van der Waals surface area contributed by atoms with Gasteiger partial charge in [0.2, 0.25) is 5.91 Å². The summed E-state index contributed by atoms with van der Waals surface area (Å²) >= 11 is 0. The molecule has 3 atom stereocenters. The summed E-state index contributed by atoms with van der Waals surface area (Å²) in [7, 11) is 1.33. The molecule has 0 bridgehead atoms. The minimum Gasteiger partial charge on any atom is -0.479 e. The van der Waals surface area contributed by atoms with Crippen LogP contribution < -0.4 is 10.6 Å². The molecule has 3 N–H and O–H groups in total. The molecule has 0 saturated heterocycles. The van der Waals surface area contributed by atoms with Crippen molar-refractivity contribution in [3.8, 4) is 11.1 Å². The molecule has 4 rings (SSSR count). The summed E-state index contributed by atoms with van der Waals surface area (Å²) in [6.45, 7) is 0.843. The lowest BCUT2D eigenvalue weighted by Crippen LogP contribution is -2.33. The monoisotopic (exact) mass is 452 g/mol. The summed E-state index contributed by atoms with van der Waals surface area (Å²) in [5, 5.41) is 14.4. The van der Waals surface area contributed by atoms with Crippen LogP contribution in [0.25, 0.3) is 11.1 Å². The van der Waals surface area contributed by atoms with Gasteiger partial charge in [-0.25, -0.2) is 9.59 Å². The molecule has 0 aromatic heterocycles. The molecule has 1 saturated carbocycles. The number of carbonyl (C=O) groups is 3. The molecule has 2 aromatic carbocycles. The third-order valence-electron chi connectivity index (χ3n) is 6.38. The molecule has 0 heterocycles. The summed E-state index contributed by atoms with van der Waals surface area (Å²) in [6.07, 6.45) is -0.544. The van der Waals surface area contributed by atoms with Crippen molar-refractivity contribution in [3.63, 3.8) is 0 Å². The predicted molar refractivity (Wildman–Crippen MR) is 121 cm³/mol. The normalized spacial score (nSPS) is 19.2. The first-order chi connectivity index (χ1) is 16.0. The Hall–Kier alpha value is -3.39. The summed E-state index contributed by atoms with van der Waals surface area (Å²) in [6, 6.07) is 16.3. The van der Waals surface area contributed by atoms with Gasteiger partial charge < -0.3 is 25.2 Å². The number of hydrogen-bond donors (Lipinski definition) is 3. The SMILES string of the molecule is COC(CCNC(=O)[C@H]1C[C@H]1CNC(=O)OCC1c2ccccc2-c2ccccc21)C(=O)O. The average Bonchev–Trinajstić information content (AvgIpc) is 3.54. The first kappa shape index (κ1) is 22.8. The van der Waals surface area contributed by atoms with E-state index in [2.05, 4.69) is 34.9 Å². The second-order valence-electron chi connectivity index (χ2n) is 8.45. The fraction of sp³-hybridized carbons (Fsp3) is 0.400. The number of aliphatic carboxylic acids is 1. The highest BCUT2D eigenvalue weighted by atomic mass is 16.5. The Labute approximate surface area is 192 Å². The van der Waals surface area contributed by atoms with Gasteiger partial charge in [-0.15, -0.1) is 0 Å². The molecule has 174 valence electrons. The van der Waals surface area contributed by atoms with E-state index in [1.54, 1.807) is 0 Å². The van der Waals surface area contributed by atoms with Crippen LogP contribution in [0.15, 0.2) is 48.5 Å². The molecular weight excluding hydrogens is 424 g/mol. The van der Waals surface area contributed by atoms with Crippen LogP contribution in [0.1, 0.15) is 29.9 Å². The highest BCUT2D eigenvalue weighted by molar-refractivity contribution is 5.82. The summed E-state index contributed by atoms with van der Waals surface area (Å²) < 4.78 is 10.4. The summed E-state index contributed by atoms with van der Waals surface area (Å²) in [4.78, 5) is 35.4. The maximum absolute atomic E-state index is 12.3. The molecule has 1 fully saturated rings. The Morgan fingerprint density at radius 3 is 2.27 bits per heavy atom. The maximum Gasteiger partial charge on any atom is 0.407 e. The Morgan fingerprint density at radius 2 is 1.67 bits per heavy atom. The first-order valence-corrected chi connectivity index (χ1v) is 11.1. The van der Waals surface area contributed by atoms with E-state index in [1.807, 2.05) is 24.3 Å². The highest BCUT2D eigenvalue weighted by Gasteiger charge is 2.43. The zero-order valence-corrected chi connectivity index (χ0v) is 18.5. The number of carboxylic acids is 1. The third kappa shape index (κ3) is 5.17. The Bertz CT molecular complexity index is 994. The molecule has 1 unspecified atom stereocenters. The van der Waals surface area contributed by atoms with E-state index in [1.165, 1.54) is 18.2 Å². The summed E-state index contributed by atoms with van der Waals surface area (Å²) in [5.74, 6) is -1.30. The molecule has 2 aliphatic rings. The van der Waals surface area contributed by atoms with Crippen LogP contribution in [-0.4, -0.2) is 56.0 Å². The van der Waals surface area contributed by atoms with Crippen molar-refractivity contribution in [2.24, 2.45) is 11.8 Å². The number of hydrogen-bond acceptors (Lipinski definition) is 5. The number of alkyl carbamates (subject to hydrolysis) is 1. The van der Waals surface area contributed by atoms with Gasteiger partial charge in [-0.05, 0) is 34.6 Å². The van der Waals surface area contributed by atoms with E-state index in [0.717, 1.165) is 11.1 Å². The molecule has 2 aliphatic carbocycles. The van der Waals surface area contributed by atoms with Crippen molar-refractivity contribution in [1.29, 1.82) is 0 Å². The molecule has 0 radical (unpaired) electrons. The fourth-order valence-electron chi connectivity index (χ4n) is 4.46. The number of fused-ring (bicyclic) bond motifs is 3. The number of amides is 2. The number of ether oxygens (including phenoxy) is 2. The minimum absolute atomic E-state index is 0.00401. The standard InChI is InChI=1S/C25H28N2O6/c1-32-22(24(29)30)10-11-26-23(28)20-12-15(20)13-27-25(31)33-14-21-18-8-4-2-6-16(18)17-7-3-5-9-19(17)21/h2-9,15,20-22H,10-14H2,1H3,(H,26,28)(H,27,31)(H,29,30)/t15-,20-,22?/m0/s1. The van der Waals surface area contributed by atoms with E-state index < -0.39 is 18.2 Å². The van der Waals surface area contributed by atoms with E-state index in [0.29, 0.717) is 13.0 Å². The number of methoxy groups -OCH3 is 1. The Kier molecular flexibility index (Phi) is 6.93. The van der Waals surface area contributed by atoms with Crippen LogP contribution in [-0.2, 0) is 19.1 Å². The minimum atomic E-state index is -1.05. The number of nitrogens with one attached hydrogen (secondary N) is 2. The van der Waals surface area contributed by atoms with Crippen LogP contribution in [0.5, 0.6) is 0 Å².